The second kappa shape index (κ2) is 9.79. The fourth-order valence-corrected chi connectivity index (χ4v) is 6.20. The maximum Gasteiger partial charge on any atom is 0.416 e. The number of rotatable bonds is 5. The first-order chi connectivity index (χ1) is 18.2. The van der Waals surface area contributed by atoms with Crippen LogP contribution in [0.15, 0.2) is 66.7 Å². The van der Waals surface area contributed by atoms with Gasteiger partial charge in [0, 0.05) is 29.6 Å². The summed E-state index contributed by atoms with van der Waals surface area (Å²) in [6.07, 6.45) is -4.45. The van der Waals surface area contributed by atoms with Crippen molar-refractivity contribution in [1.29, 1.82) is 0 Å². The predicted octanol–water partition coefficient (Wildman–Crippen LogP) is 5.70. The van der Waals surface area contributed by atoms with Crippen LogP contribution in [0.3, 0.4) is 0 Å². The van der Waals surface area contributed by atoms with Crippen LogP contribution in [0.5, 0.6) is 11.5 Å². The Morgan fingerprint density at radius 2 is 1.74 bits per heavy atom. The average molecular weight is 544 g/mol. The molecule has 3 aromatic rings. The number of fused-ring (bicyclic) bond motifs is 2. The first kappa shape index (κ1) is 25.8. The molecule has 0 saturated carbocycles. The molecule has 7 nitrogen and oxygen atoms in total. The van der Waals surface area contributed by atoms with E-state index < -0.39 is 22.6 Å². The number of benzene rings is 3. The molecule has 1 atom stereocenters. The number of ether oxygens (including phenoxy) is 2. The molecular weight excluding hydrogens is 519 g/mol. The van der Waals surface area contributed by atoms with Crippen LogP contribution in [-0.2, 0) is 22.4 Å². The minimum atomic E-state index is -4.45. The number of urea groups is 1. The van der Waals surface area contributed by atoms with Crippen LogP contribution in [0.4, 0.5) is 29.3 Å². The third kappa shape index (κ3) is 4.40. The fraction of sp³-hybridized carbons (Fsp3) is 0.259. The SMILES string of the molecule is COc1cccc(NC(=O)N2CCSC23C(=O)N(Cc2ccc(C(F)(F)F)cc2)c2ccc(OC)cc23)c1. The highest BCUT2D eigenvalue weighted by atomic mass is 32.2. The summed E-state index contributed by atoms with van der Waals surface area (Å²) in [5, 5.41) is 2.86. The van der Waals surface area contributed by atoms with Gasteiger partial charge in [-0.2, -0.15) is 13.2 Å². The Kier molecular flexibility index (Phi) is 6.64. The number of carbonyl (C=O) groups is 2. The van der Waals surface area contributed by atoms with Gasteiger partial charge in [-0.15, -0.1) is 11.8 Å². The summed E-state index contributed by atoms with van der Waals surface area (Å²) in [7, 11) is 3.04. The van der Waals surface area contributed by atoms with Crippen molar-refractivity contribution in [3.05, 3.63) is 83.4 Å². The van der Waals surface area contributed by atoms with E-state index in [1.54, 1.807) is 42.5 Å². The van der Waals surface area contributed by atoms with Gasteiger partial charge in [-0.05, 0) is 48.0 Å². The van der Waals surface area contributed by atoms with Gasteiger partial charge < -0.3 is 19.7 Å². The maximum absolute atomic E-state index is 14.1. The zero-order valence-electron chi connectivity index (χ0n) is 20.5. The van der Waals surface area contributed by atoms with E-state index in [0.29, 0.717) is 46.3 Å². The van der Waals surface area contributed by atoms with Gasteiger partial charge in [-0.1, -0.05) is 18.2 Å². The number of carbonyl (C=O) groups excluding carboxylic acids is 2. The largest absolute Gasteiger partial charge is 0.497 e. The van der Waals surface area contributed by atoms with E-state index in [-0.39, 0.29) is 12.5 Å². The molecule has 1 unspecified atom stereocenters. The van der Waals surface area contributed by atoms with Crippen molar-refractivity contribution in [2.75, 3.05) is 36.7 Å². The van der Waals surface area contributed by atoms with Gasteiger partial charge in [0.2, 0.25) is 0 Å². The van der Waals surface area contributed by atoms with E-state index in [1.807, 2.05) is 0 Å². The van der Waals surface area contributed by atoms with Gasteiger partial charge in [0.25, 0.3) is 5.91 Å². The van der Waals surface area contributed by atoms with Crippen molar-refractivity contribution in [2.45, 2.75) is 17.6 Å². The van der Waals surface area contributed by atoms with E-state index in [2.05, 4.69) is 5.32 Å². The van der Waals surface area contributed by atoms with Crippen LogP contribution in [0.2, 0.25) is 0 Å². The second-order valence-corrected chi connectivity index (χ2v) is 10.1. The van der Waals surface area contributed by atoms with Gasteiger partial charge in [-0.25, -0.2) is 4.79 Å². The molecule has 1 spiro atoms. The summed E-state index contributed by atoms with van der Waals surface area (Å²) in [5.74, 6) is 1.27. The van der Waals surface area contributed by atoms with Crippen molar-refractivity contribution in [3.8, 4) is 11.5 Å². The second-order valence-electron chi connectivity index (χ2n) is 8.78. The monoisotopic (exact) mass is 543 g/mol. The Bertz CT molecular complexity index is 1380. The fourth-order valence-electron chi connectivity index (χ4n) is 4.75. The quantitative estimate of drug-likeness (QED) is 0.447. The van der Waals surface area contributed by atoms with Gasteiger partial charge >= 0.3 is 12.2 Å². The molecule has 1 fully saturated rings. The summed E-state index contributed by atoms with van der Waals surface area (Å²) < 4.78 is 49.8. The Morgan fingerprint density at radius 3 is 2.42 bits per heavy atom. The molecule has 0 aliphatic carbocycles. The number of nitrogens with one attached hydrogen (secondary N) is 1. The van der Waals surface area contributed by atoms with Crippen LogP contribution in [0.1, 0.15) is 16.7 Å². The Balaban J connectivity index is 1.50. The standard InChI is InChI=1S/C27H24F3N3O4S/c1-36-20-5-3-4-19(14-20)31-25(35)33-12-13-38-26(33)22-15-21(37-2)10-11-23(22)32(24(26)34)16-17-6-8-18(9-7-17)27(28,29)30/h3-11,14-15H,12-13,16H2,1-2H3,(H,31,35). The molecule has 2 aliphatic rings. The molecule has 2 aliphatic heterocycles. The van der Waals surface area contributed by atoms with E-state index >= 15 is 0 Å². The molecule has 5 rings (SSSR count). The van der Waals surface area contributed by atoms with Gasteiger partial charge in [0.15, 0.2) is 4.87 Å². The lowest BCUT2D eigenvalue weighted by Crippen LogP contribution is -2.51. The summed E-state index contributed by atoms with van der Waals surface area (Å²) in [5.41, 5.74) is 1.45. The Labute approximate surface area is 221 Å². The van der Waals surface area contributed by atoms with Crippen molar-refractivity contribution >= 4 is 35.1 Å². The van der Waals surface area contributed by atoms with Gasteiger partial charge in [0.1, 0.15) is 11.5 Å². The van der Waals surface area contributed by atoms with Gasteiger partial charge in [-0.3, -0.25) is 9.69 Å². The molecule has 3 amide bonds. The number of hydrogen-bond acceptors (Lipinski definition) is 5. The van der Waals surface area contributed by atoms with Crippen LogP contribution in [-0.4, -0.2) is 43.4 Å². The van der Waals surface area contributed by atoms with Crippen LogP contribution in [0.25, 0.3) is 0 Å². The lowest BCUT2D eigenvalue weighted by Gasteiger charge is -2.33. The van der Waals surface area contributed by atoms with Gasteiger partial charge in [0.05, 0.1) is 32.0 Å². The molecule has 0 radical (unpaired) electrons. The number of amides is 3. The number of nitrogens with zero attached hydrogens (tertiary/aromatic N) is 2. The van der Waals surface area contributed by atoms with Crippen molar-refractivity contribution < 1.29 is 32.2 Å². The predicted molar refractivity (Wildman–Crippen MR) is 138 cm³/mol. The summed E-state index contributed by atoms with van der Waals surface area (Å²) in [6, 6.07) is 16.4. The third-order valence-corrected chi connectivity index (χ3v) is 8.01. The first-order valence-electron chi connectivity index (χ1n) is 11.7. The number of hydrogen-bond donors (Lipinski definition) is 1. The molecule has 1 N–H and O–H groups in total. The average Bonchev–Trinajstić information content (AvgIpc) is 3.45. The molecule has 1 saturated heterocycles. The maximum atomic E-state index is 14.1. The molecule has 198 valence electrons. The molecular formula is C27H24F3N3O4S. The smallest absolute Gasteiger partial charge is 0.416 e. The molecule has 0 aromatic heterocycles. The Morgan fingerprint density at radius 1 is 1.03 bits per heavy atom. The molecule has 3 aromatic carbocycles. The Hall–Kier alpha value is -3.86. The topological polar surface area (TPSA) is 71.1 Å². The molecule has 0 bridgehead atoms. The number of anilines is 2. The lowest BCUT2D eigenvalue weighted by molar-refractivity contribution is -0.137. The summed E-state index contributed by atoms with van der Waals surface area (Å²) >= 11 is 1.34. The third-order valence-electron chi connectivity index (χ3n) is 6.59. The van der Waals surface area contributed by atoms with Crippen molar-refractivity contribution in [3.63, 3.8) is 0 Å². The van der Waals surface area contributed by atoms with Crippen molar-refractivity contribution in [1.82, 2.24) is 4.90 Å². The normalized spacial score (nSPS) is 18.6. The highest BCUT2D eigenvalue weighted by Gasteiger charge is 2.59. The molecule has 11 heteroatoms. The zero-order valence-corrected chi connectivity index (χ0v) is 21.4. The van der Waals surface area contributed by atoms with Crippen LogP contribution in [0, 0.1) is 0 Å². The summed E-state index contributed by atoms with van der Waals surface area (Å²) in [6.45, 7) is 0.362. The van der Waals surface area contributed by atoms with Crippen LogP contribution >= 0.6 is 11.8 Å². The van der Waals surface area contributed by atoms with Crippen LogP contribution < -0.4 is 19.7 Å². The minimum absolute atomic E-state index is 0.0456. The van der Waals surface area contributed by atoms with E-state index in [4.69, 9.17) is 9.47 Å². The first-order valence-corrected chi connectivity index (χ1v) is 12.7. The lowest BCUT2D eigenvalue weighted by atomic mass is 10.1. The van der Waals surface area contributed by atoms with E-state index in [0.717, 1.165) is 12.1 Å². The highest BCUT2D eigenvalue weighted by Crippen LogP contribution is 2.55. The number of halogens is 3. The molecule has 38 heavy (non-hydrogen) atoms. The van der Waals surface area contributed by atoms with E-state index in [1.165, 1.54) is 47.9 Å². The number of alkyl halides is 3. The highest BCUT2D eigenvalue weighted by molar-refractivity contribution is 8.01. The molecule has 2 heterocycles. The zero-order chi connectivity index (χ0) is 27.1. The minimum Gasteiger partial charge on any atom is -0.497 e. The summed E-state index contributed by atoms with van der Waals surface area (Å²) in [4.78, 5) is 29.3. The van der Waals surface area contributed by atoms with E-state index in [9.17, 15) is 22.8 Å². The van der Waals surface area contributed by atoms with Crippen molar-refractivity contribution in [2.24, 2.45) is 0 Å². The number of methoxy groups -OCH3 is 2. The number of thioether (sulfide) groups is 1.